The third-order valence-corrected chi connectivity index (χ3v) is 6.11. The molecule has 0 aliphatic heterocycles. The fraction of sp³-hybridized carbons (Fsp3) is 0.130. The van der Waals surface area contributed by atoms with Gasteiger partial charge in [0.15, 0.2) is 0 Å². The van der Waals surface area contributed by atoms with E-state index in [9.17, 15) is 14.7 Å². The number of carbonyl (C=O) groups excluding carboxylic acids is 1. The van der Waals surface area contributed by atoms with Gasteiger partial charge in [-0.1, -0.05) is 41.9 Å². The number of benzene rings is 2. The molecule has 152 valence electrons. The SMILES string of the molecule is CCOC(=O)c1sc2c(ccc(=O)n2-c2ccccc2)c1C(O)c1cccc(Cl)c1. The number of halogens is 1. The van der Waals surface area contributed by atoms with Crippen molar-refractivity contribution in [2.45, 2.75) is 13.0 Å². The summed E-state index contributed by atoms with van der Waals surface area (Å²) >= 11 is 7.23. The first kappa shape index (κ1) is 20.3. The fourth-order valence-corrected chi connectivity index (χ4v) is 4.83. The van der Waals surface area contributed by atoms with Gasteiger partial charge in [-0.2, -0.15) is 0 Å². The van der Waals surface area contributed by atoms with Gasteiger partial charge in [-0.15, -0.1) is 11.3 Å². The zero-order valence-corrected chi connectivity index (χ0v) is 17.6. The Hall–Kier alpha value is -2.93. The standard InChI is InChI=1S/C23H18ClNO4S/c1-2-29-23(28)21-19(20(27)14-7-6-8-15(24)13-14)17-11-12-18(26)25(22(17)30-21)16-9-4-3-5-10-16/h3-13,20,27H,2H2,1H3. The van der Waals surface area contributed by atoms with Crippen LogP contribution in [0.3, 0.4) is 0 Å². The van der Waals surface area contributed by atoms with Crippen LogP contribution in [0.5, 0.6) is 0 Å². The summed E-state index contributed by atoms with van der Waals surface area (Å²) in [7, 11) is 0. The number of rotatable bonds is 5. The van der Waals surface area contributed by atoms with Crippen LogP contribution in [0, 0.1) is 0 Å². The lowest BCUT2D eigenvalue weighted by atomic mass is 9.99. The highest BCUT2D eigenvalue weighted by atomic mass is 35.5. The molecule has 4 rings (SSSR count). The molecule has 1 unspecified atom stereocenters. The molecule has 5 nitrogen and oxygen atoms in total. The predicted molar refractivity (Wildman–Crippen MR) is 119 cm³/mol. The van der Waals surface area contributed by atoms with Crippen molar-refractivity contribution in [3.05, 3.63) is 98.1 Å². The lowest BCUT2D eigenvalue weighted by Gasteiger charge is -2.13. The Morgan fingerprint density at radius 2 is 1.90 bits per heavy atom. The second-order valence-corrected chi connectivity index (χ2v) is 8.02. The van der Waals surface area contributed by atoms with Crippen molar-refractivity contribution in [2.75, 3.05) is 6.61 Å². The summed E-state index contributed by atoms with van der Waals surface area (Å²) in [4.78, 5) is 26.3. The zero-order chi connectivity index (χ0) is 21.3. The van der Waals surface area contributed by atoms with Crippen molar-refractivity contribution >= 4 is 39.1 Å². The summed E-state index contributed by atoms with van der Waals surface area (Å²) in [5.41, 5.74) is 1.40. The molecule has 0 radical (unpaired) electrons. The normalized spacial score (nSPS) is 12.1. The molecule has 0 amide bonds. The smallest absolute Gasteiger partial charge is 0.348 e. The van der Waals surface area contributed by atoms with Crippen LogP contribution in [0.15, 0.2) is 71.5 Å². The van der Waals surface area contributed by atoms with E-state index in [4.69, 9.17) is 16.3 Å². The zero-order valence-electron chi connectivity index (χ0n) is 16.0. The summed E-state index contributed by atoms with van der Waals surface area (Å²) in [5.74, 6) is -0.540. The van der Waals surface area contributed by atoms with E-state index in [-0.39, 0.29) is 17.0 Å². The van der Waals surface area contributed by atoms with E-state index >= 15 is 0 Å². The highest BCUT2D eigenvalue weighted by molar-refractivity contribution is 7.20. The predicted octanol–water partition coefficient (Wildman–Crippen LogP) is 4.96. The number of carbonyl (C=O) groups is 1. The van der Waals surface area contributed by atoms with E-state index in [1.54, 1.807) is 37.3 Å². The molecular formula is C23H18ClNO4S. The second kappa shape index (κ2) is 8.44. The van der Waals surface area contributed by atoms with Gasteiger partial charge in [-0.25, -0.2) is 4.79 Å². The number of nitrogens with zero attached hydrogens (tertiary/aromatic N) is 1. The first-order valence-electron chi connectivity index (χ1n) is 9.35. The van der Waals surface area contributed by atoms with Crippen LogP contribution in [0.4, 0.5) is 0 Å². The number of hydrogen-bond donors (Lipinski definition) is 1. The third kappa shape index (κ3) is 3.65. The third-order valence-electron chi connectivity index (χ3n) is 4.69. The maximum atomic E-state index is 12.7. The number of ether oxygens (including phenoxy) is 1. The molecule has 0 spiro atoms. The van der Waals surface area contributed by atoms with Gasteiger partial charge in [0.05, 0.1) is 12.3 Å². The van der Waals surface area contributed by atoms with E-state index in [1.807, 2.05) is 30.3 Å². The highest BCUT2D eigenvalue weighted by Gasteiger charge is 2.27. The van der Waals surface area contributed by atoms with Gasteiger partial charge in [-0.05, 0) is 42.8 Å². The Kier molecular flexibility index (Phi) is 5.72. The molecule has 1 N–H and O–H groups in total. The van der Waals surface area contributed by atoms with Gasteiger partial charge in [0.25, 0.3) is 5.56 Å². The number of hydrogen-bond acceptors (Lipinski definition) is 5. The van der Waals surface area contributed by atoms with E-state index in [1.165, 1.54) is 10.6 Å². The van der Waals surface area contributed by atoms with Gasteiger partial charge >= 0.3 is 5.97 Å². The summed E-state index contributed by atoms with van der Waals surface area (Å²) in [6.07, 6.45) is -1.11. The molecule has 0 aliphatic carbocycles. The molecule has 2 aromatic carbocycles. The monoisotopic (exact) mass is 439 g/mol. The van der Waals surface area contributed by atoms with Gasteiger partial charge in [0.1, 0.15) is 15.8 Å². The Morgan fingerprint density at radius 1 is 1.13 bits per heavy atom. The van der Waals surface area contributed by atoms with Crippen LogP contribution >= 0.6 is 22.9 Å². The summed E-state index contributed by atoms with van der Waals surface area (Å²) in [5, 5.41) is 12.3. The summed E-state index contributed by atoms with van der Waals surface area (Å²) in [6.45, 7) is 1.92. The molecule has 1 atom stereocenters. The van der Waals surface area contributed by atoms with Crippen LogP contribution in [0.25, 0.3) is 15.9 Å². The van der Waals surface area contributed by atoms with Crippen LogP contribution in [0.2, 0.25) is 5.02 Å². The number of thiophene rings is 1. The number of aliphatic hydroxyl groups is 1. The topological polar surface area (TPSA) is 68.5 Å². The van der Waals surface area contributed by atoms with Gasteiger partial charge in [0, 0.05) is 22.0 Å². The van der Waals surface area contributed by atoms with E-state index in [0.717, 1.165) is 11.3 Å². The van der Waals surface area contributed by atoms with Crippen LogP contribution in [-0.4, -0.2) is 22.2 Å². The molecular weight excluding hydrogens is 422 g/mol. The first-order valence-corrected chi connectivity index (χ1v) is 10.5. The molecule has 2 heterocycles. The molecule has 0 fully saturated rings. The van der Waals surface area contributed by atoms with Crippen LogP contribution < -0.4 is 5.56 Å². The summed E-state index contributed by atoms with van der Waals surface area (Å²) < 4.78 is 6.77. The first-order chi connectivity index (χ1) is 14.5. The van der Waals surface area contributed by atoms with Crippen LogP contribution in [-0.2, 0) is 4.74 Å². The maximum absolute atomic E-state index is 12.7. The second-order valence-electron chi connectivity index (χ2n) is 6.58. The minimum atomic E-state index is -1.11. The largest absolute Gasteiger partial charge is 0.462 e. The Morgan fingerprint density at radius 3 is 2.60 bits per heavy atom. The molecule has 2 aromatic heterocycles. The number of aromatic nitrogens is 1. The number of esters is 1. The van der Waals surface area contributed by atoms with E-state index in [0.29, 0.717) is 32.1 Å². The van der Waals surface area contributed by atoms with Gasteiger partial charge in [0.2, 0.25) is 0 Å². The molecule has 7 heteroatoms. The van der Waals surface area contributed by atoms with Gasteiger partial charge < -0.3 is 9.84 Å². The van der Waals surface area contributed by atoms with E-state index < -0.39 is 12.1 Å². The number of para-hydroxylation sites is 1. The van der Waals surface area contributed by atoms with Crippen LogP contribution in [0.1, 0.15) is 33.8 Å². The maximum Gasteiger partial charge on any atom is 0.348 e. The van der Waals surface area contributed by atoms with Crippen molar-refractivity contribution in [1.29, 1.82) is 0 Å². The van der Waals surface area contributed by atoms with Crippen molar-refractivity contribution < 1.29 is 14.6 Å². The molecule has 0 aliphatic rings. The molecule has 4 aromatic rings. The molecule has 0 bridgehead atoms. The molecule has 0 saturated heterocycles. The minimum absolute atomic E-state index is 0.200. The Labute approximate surface area is 181 Å². The minimum Gasteiger partial charge on any atom is -0.462 e. The van der Waals surface area contributed by atoms with Crippen molar-refractivity contribution in [1.82, 2.24) is 4.57 Å². The highest BCUT2D eigenvalue weighted by Crippen LogP contribution is 2.39. The lowest BCUT2D eigenvalue weighted by molar-refractivity contribution is 0.0527. The Bertz CT molecular complexity index is 1280. The fourth-order valence-electron chi connectivity index (χ4n) is 3.39. The number of pyridine rings is 1. The quantitative estimate of drug-likeness (QED) is 0.446. The van der Waals surface area contributed by atoms with Gasteiger partial charge in [-0.3, -0.25) is 9.36 Å². The van der Waals surface area contributed by atoms with Crippen molar-refractivity contribution in [2.24, 2.45) is 0 Å². The van der Waals surface area contributed by atoms with Crippen molar-refractivity contribution in [3.8, 4) is 5.69 Å². The van der Waals surface area contributed by atoms with Crippen molar-refractivity contribution in [3.63, 3.8) is 0 Å². The number of fused-ring (bicyclic) bond motifs is 1. The molecule has 0 saturated carbocycles. The lowest BCUT2D eigenvalue weighted by Crippen LogP contribution is -2.16. The summed E-state index contributed by atoms with van der Waals surface area (Å²) in [6, 6.07) is 19.1. The average molecular weight is 440 g/mol. The Balaban J connectivity index is 2.02. The number of aliphatic hydroxyl groups excluding tert-OH is 1. The average Bonchev–Trinajstić information content (AvgIpc) is 3.13. The molecule has 30 heavy (non-hydrogen) atoms. The van der Waals surface area contributed by atoms with E-state index in [2.05, 4.69) is 0 Å².